The fourth-order valence-corrected chi connectivity index (χ4v) is 1.60. The van der Waals surface area contributed by atoms with Crippen molar-refractivity contribution < 1.29 is 13.6 Å². The SMILES string of the molecule is C=CC1CCCCN1C(=O)C(F)F. The first-order valence-corrected chi connectivity index (χ1v) is 4.38. The van der Waals surface area contributed by atoms with Gasteiger partial charge in [0.05, 0.1) is 0 Å². The van der Waals surface area contributed by atoms with Crippen LogP contribution in [-0.4, -0.2) is 29.8 Å². The van der Waals surface area contributed by atoms with E-state index in [-0.39, 0.29) is 6.04 Å². The minimum atomic E-state index is -2.89. The fourth-order valence-electron chi connectivity index (χ4n) is 1.60. The molecule has 0 bridgehead atoms. The minimum Gasteiger partial charge on any atom is -0.331 e. The number of carbonyl (C=O) groups excluding carboxylic acids is 1. The lowest BCUT2D eigenvalue weighted by Crippen LogP contribution is -2.45. The van der Waals surface area contributed by atoms with Gasteiger partial charge in [0.15, 0.2) is 0 Å². The first kappa shape index (κ1) is 10.2. The van der Waals surface area contributed by atoms with Crippen LogP contribution in [0.5, 0.6) is 0 Å². The van der Waals surface area contributed by atoms with Crippen LogP contribution in [0.2, 0.25) is 0 Å². The summed E-state index contributed by atoms with van der Waals surface area (Å²) in [5, 5.41) is 0. The van der Waals surface area contributed by atoms with E-state index in [0.29, 0.717) is 6.54 Å². The van der Waals surface area contributed by atoms with Crippen LogP contribution in [0.3, 0.4) is 0 Å². The molecule has 1 aliphatic rings. The molecule has 1 unspecified atom stereocenters. The molecule has 0 saturated carbocycles. The highest BCUT2D eigenvalue weighted by atomic mass is 19.3. The van der Waals surface area contributed by atoms with Crippen molar-refractivity contribution in [2.75, 3.05) is 6.54 Å². The van der Waals surface area contributed by atoms with Gasteiger partial charge in [0.1, 0.15) is 0 Å². The molecule has 0 aliphatic carbocycles. The summed E-state index contributed by atoms with van der Waals surface area (Å²) in [6.45, 7) is 3.97. The average Bonchev–Trinajstić information content (AvgIpc) is 2.16. The minimum absolute atomic E-state index is 0.199. The molecule has 0 N–H and O–H groups in total. The Balaban J connectivity index is 2.63. The number of halogens is 2. The first-order chi connectivity index (χ1) is 6.16. The summed E-state index contributed by atoms with van der Waals surface area (Å²) in [4.78, 5) is 12.2. The van der Waals surface area contributed by atoms with Crippen LogP contribution in [0.1, 0.15) is 19.3 Å². The smallest absolute Gasteiger partial charge is 0.315 e. The zero-order chi connectivity index (χ0) is 9.84. The number of hydrogen-bond acceptors (Lipinski definition) is 1. The molecular weight excluding hydrogens is 176 g/mol. The van der Waals surface area contributed by atoms with Gasteiger partial charge in [-0.25, -0.2) is 0 Å². The first-order valence-electron chi connectivity index (χ1n) is 4.38. The van der Waals surface area contributed by atoms with Gasteiger partial charge in [0.2, 0.25) is 0 Å². The third-order valence-electron chi connectivity index (χ3n) is 2.29. The Morgan fingerprint density at radius 2 is 2.23 bits per heavy atom. The third kappa shape index (κ3) is 2.26. The van der Waals surface area contributed by atoms with Crippen molar-refractivity contribution in [2.45, 2.75) is 31.7 Å². The fraction of sp³-hybridized carbons (Fsp3) is 0.667. The molecule has 0 spiro atoms. The molecule has 1 atom stereocenters. The normalized spacial score (nSPS) is 23.3. The monoisotopic (exact) mass is 189 g/mol. The molecule has 2 nitrogen and oxygen atoms in total. The van der Waals surface area contributed by atoms with Crippen molar-refractivity contribution in [2.24, 2.45) is 0 Å². The summed E-state index contributed by atoms with van der Waals surface area (Å²) in [6.07, 6.45) is 1.22. The van der Waals surface area contributed by atoms with Crippen LogP contribution in [0, 0.1) is 0 Å². The Morgan fingerprint density at radius 3 is 2.77 bits per heavy atom. The van der Waals surface area contributed by atoms with Crippen LogP contribution < -0.4 is 0 Å². The van der Waals surface area contributed by atoms with E-state index in [0.717, 1.165) is 19.3 Å². The van der Waals surface area contributed by atoms with E-state index in [2.05, 4.69) is 6.58 Å². The Morgan fingerprint density at radius 1 is 1.54 bits per heavy atom. The maximum Gasteiger partial charge on any atom is 0.315 e. The average molecular weight is 189 g/mol. The number of carbonyl (C=O) groups is 1. The predicted octanol–water partition coefficient (Wildman–Crippen LogP) is 1.82. The molecule has 1 rings (SSSR count). The van der Waals surface area contributed by atoms with Crippen molar-refractivity contribution in [3.8, 4) is 0 Å². The van der Waals surface area contributed by atoms with Gasteiger partial charge in [-0.1, -0.05) is 6.08 Å². The molecule has 0 radical (unpaired) electrons. The topological polar surface area (TPSA) is 20.3 Å². The number of hydrogen-bond donors (Lipinski definition) is 0. The van der Waals surface area contributed by atoms with Crippen LogP contribution in [0.15, 0.2) is 12.7 Å². The van der Waals surface area contributed by atoms with Crippen molar-refractivity contribution in [3.05, 3.63) is 12.7 Å². The van der Waals surface area contributed by atoms with E-state index in [1.54, 1.807) is 6.08 Å². The second-order valence-corrected chi connectivity index (χ2v) is 3.13. The van der Waals surface area contributed by atoms with Gasteiger partial charge in [0, 0.05) is 12.6 Å². The maximum absolute atomic E-state index is 12.1. The number of amides is 1. The molecule has 1 saturated heterocycles. The lowest BCUT2D eigenvalue weighted by atomic mass is 10.0. The summed E-state index contributed by atoms with van der Waals surface area (Å²) in [5.74, 6) is -1.07. The summed E-state index contributed by atoms with van der Waals surface area (Å²) in [5.41, 5.74) is 0. The Bertz CT molecular complexity index is 206. The number of likely N-dealkylation sites (tertiary alicyclic amines) is 1. The zero-order valence-corrected chi connectivity index (χ0v) is 7.38. The number of piperidine rings is 1. The van der Waals surface area contributed by atoms with Crippen molar-refractivity contribution in [3.63, 3.8) is 0 Å². The highest BCUT2D eigenvalue weighted by molar-refractivity contribution is 5.79. The molecule has 4 heteroatoms. The van der Waals surface area contributed by atoms with E-state index in [1.807, 2.05) is 0 Å². The molecule has 1 heterocycles. The zero-order valence-electron chi connectivity index (χ0n) is 7.38. The van der Waals surface area contributed by atoms with Gasteiger partial charge in [0.25, 0.3) is 5.91 Å². The number of nitrogens with zero attached hydrogens (tertiary/aromatic N) is 1. The number of rotatable bonds is 2. The van der Waals surface area contributed by atoms with Gasteiger partial charge in [-0.2, -0.15) is 8.78 Å². The largest absolute Gasteiger partial charge is 0.331 e. The summed E-state index contributed by atoms with van der Waals surface area (Å²) >= 11 is 0. The molecular formula is C9H13F2NO. The summed E-state index contributed by atoms with van der Waals surface area (Å²) < 4.78 is 24.2. The van der Waals surface area contributed by atoms with Crippen LogP contribution in [0.25, 0.3) is 0 Å². The second-order valence-electron chi connectivity index (χ2n) is 3.13. The molecule has 1 fully saturated rings. The van der Waals surface area contributed by atoms with Crippen molar-refractivity contribution in [1.29, 1.82) is 0 Å². The molecule has 1 aliphatic heterocycles. The summed E-state index contributed by atoms with van der Waals surface area (Å²) in [6, 6.07) is -0.199. The van der Waals surface area contributed by atoms with Gasteiger partial charge >= 0.3 is 6.43 Å². The van der Waals surface area contributed by atoms with Crippen molar-refractivity contribution >= 4 is 5.91 Å². The Hall–Kier alpha value is -0.930. The standard InChI is InChI=1S/C9H13F2NO/c1-2-7-5-3-4-6-12(7)9(13)8(10)11/h2,7-8H,1,3-6H2. The van der Waals surface area contributed by atoms with E-state index < -0.39 is 12.3 Å². The lowest BCUT2D eigenvalue weighted by molar-refractivity contribution is -0.145. The van der Waals surface area contributed by atoms with Gasteiger partial charge in [-0.15, -0.1) is 6.58 Å². The molecule has 0 aromatic carbocycles. The molecule has 13 heavy (non-hydrogen) atoms. The van der Waals surface area contributed by atoms with Gasteiger partial charge in [-0.05, 0) is 19.3 Å². The van der Waals surface area contributed by atoms with Crippen molar-refractivity contribution in [1.82, 2.24) is 4.90 Å². The summed E-state index contributed by atoms with van der Waals surface area (Å²) in [7, 11) is 0. The van der Waals surface area contributed by atoms with Crippen LogP contribution in [-0.2, 0) is 4.79 Å². The lowest BCUT2D eigenvalue weighted by Gasteiger charge is -2.33. The van der Waals surface area contributed by atoms with E-state index >= 15 is 0 Å². The molecule has 0 aromatic heterocycles. The van der Waals surface area contributed by atoms with E-state index in [1.165, 1.54) is 4.90 Å². The number of alkyl halides is 2. The van der Waals surface area contributed by atoms with E-state index in [9.17, 15) is 13.6 Å². The van der Waals surface area contributed by atoms with E-state index in [4.69, 9.17) is 0 Å². The second kappa shape index (κ2) is 4.35. The maximum atomic E-state index is 12.1. The Kier molecular flexibility index (Phi) is 3.39. The molecule has 74 valence electrons. The van der Waals surface area contributed by atoms with Crippen LogP contribution >= 0.6 is 0 Å². The highest BCUT2D eigenvalue weighted by Gasteiger charge is 2.29. The third-order valence-corrected chi connectivity index (χ3v) is 2.29. The quantitative estimate of drug-likeness (QED) is 0.607. The predicted molar refractivity (Wildman–Crippen MR) is 45.6 cm³/mol. The molecule has 0 aromatic rings. The Labute approximate surface area is 76.2 Å². The van der Waals surface area contributed by atoms with Gasteiger partial charge < -0.3 is 4.90 Å². The molecule has 1 amide bonds. The van der Waals surface area contributed by atoms with Gasteiger partial charge in [-0.3, -0.25) is 4.79 Å². The highest BCUT2D eigenvalue weighted by Crippen LogP contribution is 2.19. The van der Waals surface area contributed by atoms with Crippen LogP contribution in [0.4, 0.5) is 8.78 Å².